The van der Waals surface area contributed by atoms with Crippen molar-refractivity contribution in [3.8, 4) is 0 Å². The monoisotopic (exact) mass is 263 g/mol. The van der Waals surface area contributed by atoms with Gasteiger partial charge in [0.05, 0.1) is 12.4 Å². The molecule has 4 nitrogen and oxygen atoms in total. The lowest BCUT2D eigenvalue weighted by Crippen LogP contribution is -2.16. The van der Waals surface area contributed by atoms with E-state index < -0.39 is 10.0 Å². The molecule has 0 saturated carbocycles. The van der Waals surface area contributed by atoms with Crippen LogP contribution in [-0.4, -0.2) is 20.8 Å². The van der Waals surface area contributed by atoms with E-state index in [0.29, 0.717) is 19.6 Å². The summed E-state index contributed by atoms with van der Waals surface area (Å²) in [4.78, 5) is 1.21. The van der Waals surface area contributed by atoms with Crippen LogP contribution in [0.4, 0.5) is 0 Å². The van der Waals surface area contributed by atoms with Crippen molar-refractivity contribution in [2.45, 2.75) is 25.9 Å². The largest absolute Gasteiger partial charge is 0.376 e. The van der Waals surface area contributed by atoms with E-state index in [4.69, 9.17) is 9.88 Å². The van der Waals surface area contributed by atoms with Crippen molar-refractivity contribution in [3.63, 3.8) is 0 Å². The zero-order valence-corrected chi connectivity index (χ0v) is 10.7. The van der Waals surface area contributed by atoms with E-state index in [9.17, 15) is 8.42 Å². The summed E-state index contributed by atoms with van der Waals surface area (Å²) >= 11 is 1.67. The molecule has 16 heavy (non-hydrogen) atoms. The van der Waals surface area contributed by atoms with Crippen molar-refractivity contribution in [2.24, 2.45) is 5.14 Å². The number of unbranched alkanes of at least 4 members (excludes halogenated alkanes) is 2. The Morgan fingerprint density at radius 1 is 1.31 bits per heavy atom. The van der Waals surface area contributed by atoms with Gasteiger partial charge in [-0.05, 0) is 24.3 Å². The van der Waals surface area contributed by atoms with E-state index >= 15 is 0 Å². The molecular weight excluding hydrogens is 246 g/mol. The van der Waals surface area contributed by atoms with Crippen LogP contribution in [0.3, 0.4) is 0 Å². The molecule has 0 radical (unpaired) electrons. The van der Waals surface area contributed by atoms with Gasteiger partial charge in [-0.1, -0.05) is 12.5 Å². The van der Waals surface area contributed by atoms with Crippen LogP contribution < -0.4 is 5.14 Å². The van der Waals surface area contributed by atoms with E-state index in [1.54, 1.807) is 11.3 Å². The van der Waals surface area contributed by atoms with Crippen molar-refractivity contribution in [3.05, 3.63) is 22.4 Å². The number of thiophene rings is 1. The lowest BCUT2D eigenvalue weighted by Gasteiger charge is -2.02. The lowest BCUT2D eigenvalue weighted by atomic mass is 10.3. The minimum Gasteiger partial charge on any atom is -0.376 e. The van der Waals surface area contributed by atoms with Crippen molar-refractivity contribution in [1.82, 2.24) is 0 Å². The number of sulfonamides is 1. The normalized spacial score (nSPS) is 11.8. The molecule has 2 N–H and O–H groups in total. The average Bonchev–Trinajstić information content (AvgIpc) is 2.67. The third kappa shape index (κ3) is 6.95. The Kier molecular flexibility index (Phi) is 5.97. The van der Waals surface area contributed by atoms with Crippen LogP contribution >= 0.6 is 11.3 Å². The topological polar surface area (TPSA) is 69.4 Å². The second kappa shape index (κ2) is 7.01. The number of primary sulfonamides is 1. The smallest absolute Gasteiger partial charge is 0.209 e. The predicted octanol–water partition coefficient (Wildman–Crippen LogP) is 1.72. The van der Waals surface area contributed by atoms with E-state index in [1.165, 1.54) is 4.88 Å². The molecule has 92 valence electrons. The molecule has 0 aliphatic heterocycles. The van der Waals surface area contributed by atoms with Crippen molar-refractivity contribution >= 4 is 21.4 Å². The van der Waals surface area contributed by atoms with Crippen LogP contribution in [0.1, 0.15) is 24.1 Å². The van der Waals surface area contributed by atoms with Crippen LogP contribution in [0.5, 0.6) is 0 Å². The molecule has 0 aromatic carbocycles. The molecule has 0 atom stereocenters. The van der Waals surface area contributed by atoms with Gasteiger partial charge in [0.1, 0.15) is 0 Å². The first-order chi connectivity index (χ1) is 7.58. The molecular formula is C10H17NO3S2. The number of hydrogen-bond acceptors (Lipinski definition) is 4. The summed E-state index contributed by atoms with van der Waals surface area (Å²) < 4.78 is 26.7. The summed E-state index contributed by atoms with van der Waals surface area (Å²) in [6, 6.07) is 4.03. The summed E-state index contributed by atoms with van der Waals surface area (Å²) in [6.07, 6.45) is 2.32. The van der Waals surface area contributed by atoms with Gasteiger partial charge < -0.3 is 4.74 Å². The van der Waals surface area contributed by atoms with Crippen molar-refractivity contribution in [1.29, 1.82) is 0 Å². The first-order valence-corrected chi connectivity index (χ1v) is 7.78. The Morgan fingerprint density at radius 2 is 2.12 bits per heavy atom. The maximum Gasteiger partial charge on any atom is 0.209 e. The molecule has 0 fully saturated rings. The molecule has 0 spiro atoms. The van der Waals surface area contributed by atoms with Gasteiger partial charge in [0, 0.05) is 11.5 Å². The van der Waals surface area contributed by atoms with Gasteiger partial charge in [-0.25, -0.2) is 13.6 Å². The Hall–Kier alpha value is -0.430. The fourth-order valence-corrected chi connectivity index (χ4v) is 2.50. The zero-order chi connectivity index (χ0) is 11.9. The maximum absolute atomic E-state index is 10.6. The van der Waals surface area contributed by atoms with Gasteiger partial charge >= 0.3 is 0 Å². The molecule has 1 heterocycles. The molecule has 6 heteroatoms. The molecule has 0 saturated heterocycles. The first kappa shape index (κ1) is 13.6. The van der Waals surface area contributed by atoms with Crippen LogP contribution in [0.2, 0.25) is 0 Å². The van der Waals surface area contributed by atoms with Crippen LogP contribution in [-0.2, 0) is 21.4 Å². The van der Waals surface area contributed by atoms with Crippen LogP contribution in [0.25, 0.3) is 0 Å². The molecule has 0 aliphatic rings. The maximum atomic E-state index is 10.6. The van der Waals surface area contributed by atoms with Gasteiger partial charge in [0.15, 0.2) is 0 Å². The minimum absolute atomic E-state index is 0.0674. The molecule has 1 aromatic rings. The summed E-state index contributed by atoms with van der Waals surface area (Å²) in [6.45, 7) is 1.31. The van der Waals surface area contributed by atoms with Crippen LogP contribution in [0, 0.1) is 0 Å². The van der Waals surface area contributed by atoms with Crippen molar-refractivity contribution in [2.75, 3.05) is 12.4 Å². The standard InChI is InChI=1S/C10H17NO3S2/c11-16(12,13)8-3-1-2-6-14-9-10-5-4-7-15-10/h4-5,7H,1-3,6,8-9H2,(H2,11,12,13). The quantitative estimate of drug-likeness (QED) is 0.726. The van der Waals surface area contributed by atoms with Gasteiger partial charge in [-0.15, -0.1) is 11.3 Å². The van der Waals surface area contributed by atoms with Crippen LogP contribution in [0.15, 0.2) is 17.5 Å². The van der Waals surface area contributed by atoms with Gasteiger partial charge in [-0.2, -0.15) is 0 Å². The molecule has 1 rings (SSSR count). The Morgan fingerprint density at radius 3 is 2.75 bits per heavy atom. The average molecular weight is 263 g/mol. The highest BCUT2D eigenvalue weighted by Crippen LogP contribution is 2.09. The number of nitrogens with two attached hydrogens (primary N) is 1. The minimum atomic E-state index is -3.29. The highest BCUT2D eigenvalue weighted by molar-refractivity contribution is 7.89. The molecule has 1 aromatic heterocycles. The second-order valence-electron chi connectivity index (χ2n) is 3.56. The van der Waals surface area contributed by atoms with Crippen molar-refractivity contribution < 1.29 is 13.2 Å². The third-order valence-corrected chi connectivity index (χ3v) is 3.75. The number of rotatable bonds is 8. The SMILES string of the molecule is NS(=O)(=O)CCCCCOCc1cccs1. The fraction of sp³-hybridized carbons (Fsp3) is 0.600. The summed E-state index contributed by atoms with van der Waals surface area (Å²) in [5, 5.41) is 6.90. The summed E-state index contributed by atoms with van der Waals surface area (Å²) in [7, 11) is -3.29. The van der Waals surface area contributed by atoms with Gasteiger partial charge in [-0.3, -0.25) is 0 Å². The summed E-state index contributed by atoms with van der Waals surface area (Å²) in [5.74, 6) is 0.0674. The number of hydrogen-bond donors (Lipinski definition) is 1. The molecule has 0 bridgehead atoms. The van der Waals surface area contributed by atoms with Gasteiger partial charge in [0.2, 0.25) is 10.0 Å². The Bertz CT molecular complexity index is 373. The second-order valence-corrected chi connectivity index (χ2v) is 6.33. The van der Waals surface area contributed by atoms with E-state index in [1.807, 2.05) is 17.5 Å². The van der Waals surface area contributed by atoms with E-state index in [2.05, 4.69) is 0 Å². The highest BCUT2D eigenvalue weighted by atomic mass is 32.2. The first-order valence-electron chi connectivity index (χ1n) is 5.18. The predicted molar refractivity (Wildman–Crippen MR) is 65.8 cm³/mol. The van der Waals surface area contributed by atoms with E-state index in [-0.39, 0.29) is 5.75 Å². The molecule has 0 amide bonds. The highest BCUT2D eigenvalue weighted by Gasteiger charge is 2.01. The zero-order valence-electron chi connectivity index (χ0n) is 9.09. The Balaban J connectivity index is 1.93. The summed E-state index contributed by atoms with van der Waals surface area (Å²) in [5.41, 5.74) is 0. The van der Waals surface area contributed by atoms with Gasteiger partial charge in [0.25, 0.3) is 0 Å². The molecule has 0 aliphatic carbocycles. The number of ether oxygens (including phenoxy) is 1. The molecule has 0 unspecified atom stereocenters. The van der Waals surface area contributed by atoms with E-state index in [0.717, 1.165) is 12.8 Å². The third-order valence-electron chi connectivity index (χ3n) is 2.04. The fourth-order valence-electron chi connectivity index (χ4n) is 1.25. The lowest BCUT2D eigenvalue weighted by molar-refractivity contribution is 0.119. The Labute approximate surface area is 100 Å².